The highest BCUT2D eigenvalue weighted by Crippen LogP contribution is 2.50. The van der Waals surface area contributed by atoms with E-state index >= 15 is 0 Å². The Morgan fingerprint density at radius 1 is 0.374 bits per heavy atom. The molecule has 8 N–H and O–H groups in total. The minimum absolute atomic E-state index is 0.0357. The number of aryl methyl sites for hydroxylation is 3. The predicted octanol–water partition coefficient (Wildman–Crippen LogP) is 18.9. The van der Waals surface area contributed by atoms with E-state index < -0.39 is 40.7 Å². The van der Waals surface area contributed by atoms with Crippen LogP contribution >= 0.6 is 46.4 Å². The van der Waals surface area contributed by atoms with Crippen molar-refractivity contribution in [1.82, 2.24) is 55.5 Å². The van der Waals surface area contributed by atoms with E-state index in [2.05, 4.69) is 66.1 Å². The fourth-order valence-electron chi connectivity index (χ4n) is 16.4. The van der Waals surface area contributed by atoms with E-state index in [1.807, 2.05) is 117 Å². The number of hydrogen-bond acceptors (Lipinski definition) is 23. The highest BCUT2D eigenvalue weighted by molar-refractivity contribution is 7.91. The van der Waals surface area contributed by atoms with Crippen molar-refractivity contribution in [2.75, 3.05) is 10.6 Å². The number of carbonyl (C=O) groups excluding carboxylic acids is 2. The maximum absolute atomic E-state index is 12.8. The third-order valence-electron chi connectivity index (χ3n) is 23.6. The molecule has 6 bridgehead atoms. The third kappa shape index (κ3) is 25.3. The van der Waals surface area contributed by atoms with Crippen LogP contribution in [0.5, 0.6) is 0 Å². The van der Waals surface area contributed by atoms with Crippen LogP contribution in [0.25, 0.3) is 36.5 Å². The third-order valence-corrected chi connectivity index (χ3v) is 30.2. The number of pyridine rings is 3. The number of amides is 2. The molecule has 9 saturated carbocycles. The van der Waals surface area contributed by atoms with Crippen LogP contribution in [0.3, 0.4) is 0 Å². The Labute approximate surface area is 741 Å². The number of hydrogen-bond donors (Lipinski definition) is 6. The van der Waals surface area contributed by atoms with Gasteiger partial charge in [0.1, 0.15) is 11.2 Å². The Kier molecular flexibility index (Phi) is 28.8. The second-order valence-corrected chi connectivity index (χ2v) is 42.7. The molecule has 6 heterocycles. The van der Waals surface area contributed by atoms with Gasteiger partial charge in [-0.25, -0.2) is 64.7 Å². The zero-order valence-corrected chi connectivity index (χ0v) is 76.1. The number of fused-ring (bicyclic) bond motifs is 9. The zero-order chi connectivity index (χ0) is 88.4. The van der Waals surface area contributed by atoms with Gasteiger partial charge in [0.15, 0.2) is 29.5 Å². The first kappa shape index (κ1) is 92.8. The molecular weight excluding hydrogens is 1700 g/mol. The van der Waals surface area contributed by atoms with Crippen molar-refractivity contribution in [1.29, 1.82) is 0 Å². The summed E-state index contributed by atoms with van der Waals surface area (Å²) in [5.74, 6) is 0.589. The highest BCUT2D eigenvalue weighted by atomic mass is 35.5. The lowest BCUT2D eigenvalue weighted by Crippen LogP contribution is -2.61. The Hall–Kier alpha value is -9.36. The first-order valence-corrected chi connectivity index (χ1v) is 47.6. The fraction of sp³-hybridized carbons (Fsp3) is 0.418. The van der Waals surface area contributed by atoms with Crippen molar-refractivity contribution < 1.29 is 44.3 Å². The highest BCUT2D eigenvalue weighted by Gasteiger charge is 2.51. The molecule has 123 heavy (non-hydrogen) atoms. The number of carbonyl (C=O) groups is 2. The Morgan fingerprint density at radius 2 is 0.626 bits per heavy atom. The maximum Gasteiger partial charge on any atom is 0.408 e. The van der Waals surface area contributed by atoms with Gasteiger partial charge in [-0.05, 0) is 261 Å². The average molecular weight is 1810 g/mol. The lowest BCUT2D eigenvalue weighted by molar-refractivity contribution is 0.0269. The standard InChI is InChI=1S/C32H38ClN5O4S.C27H30ClN5O2S.C19H15Cl2N3O2S.C13H24N2O2/c1-22-24(11-12-25(36-22)21-43(40,41)27-8-6-5-7-26(27)33)10-9-23-19-34-28(35-20-23)37-31-13-16-32(17-14-31,18-15-31)38-29(39)42-30(2,3)4;1-19-21(8-9-22(32-19)18-36(34,35)24-5-3-2-4-23(24)28)7-6-20-16-30-25(31-17-20)33-27-13-10-26(29,11-14-27)12-15-27;1-13-15(7-6-14-10-22-19(21)23-11-14)8-9-16(24-13)12-27(25,26)18-5-3-2-4-17(18)20;1-11(2,3)17-10(16)15-13-7-4-12(14,5-8-13)6-9-13/h5-12,19-20H,13-18,21H2,1-4H3,(H,38,39)(H,34,35,37);2-9,16-17H,10-15,18,29H2,1H3,(H,30,31,33);2-11H,12H2,1H3;4-9,14H2,1-3H3,(H,15,16)/b10-9+;2*7-6+;. The summed E-state index contributed by atoms with van der Waals surface area (Å²) in [6, 6.07) is 30.0. The van der Waals surface area contributed by atoms with Gasteiger partial charge >= 0.3 is 12.2 Å². The lowest BCUT2D eigenvalue weighted by Gasteiger charge is -2.53. The Bertz CT molecular complexity index is 5700. The quantitative estimate of drug-likeness (QED) is 0.0364. The molecule has 0 aliphatic heterocycles. The van der Waals surface area contributed by atoms with E-state index in [4.69, 9.17) is 67.3 Å². The van der Waals surface area contributed by atoms with Crippen molar-refractivity contribution in [2.45, 2.75) is 254 Å². The number of rotatable bonds is 21. The summed E-state index contributed by atoms with van der Waals surface area (Å²) in [5.41, 5.74) is 20.2. The van der Waals surface area contributed by atoms with Gasteiger partial charge in [-0.15, -0.1) is 0 Å². The molecule has 18 rings (SSSR count). The summed E-state index contributed by atoms with van der Waals surface area (Å²) in [6.07, 6.45) is 38.9. The van der Waals surface area contributed by atoms with Gasteiger partial charge in [0.05, 0.1) is 64.1 Å². The SMILES string of the molecule is CC(C)(C)OC(=O)NC12CCC(N)(CC1)CC2.Cc1nc(CS(=O)(=O)c2ccccc2Cl)ccc1/C=C/c1cnc(Cl)nc1.Cc1nc(CS(=O)(=O)c2ccccc2Cl)ccc1/C=C/c1cnc(NC23CCC(N)(CC2)CC3)nc1.Cc1nc(CS(=O)(=O)c2ccccc2Cl)ccc1/C=C/c1cnc(NC23CCC(NC(=O)OC(C)(C)C)(CC2)CC3)nc1. The molecule has 9 fully saturated rings. The number of nitrogens with zero attached hydrogens (tertiary/aromatic N) is 9. The summed E-state index contributed by atoms with van der Waals surface area (Å²) < 4.78 is 87.2. The number of alkyl carbamates (subject to hydrolysis) is 2. The number of ether oxygens (including phenoxy) is 2. The van der Waals surface area contributed by atoms with Crippen LogP contribution in [0.2, 0.25) is 20.4 Å². The van der Waals surface area contributed by atoms with Gasteiger partial charge < -0.3 is 42.2 Å². The molecule has 9 aromatic rings. The smallest absolute Gasteiger partial charge is 0.408 e. The fourth-order valence-corrected chi connectivity index (χ4v) is 22.0. The maximum atomic E-state index is 12.8. The lowest BCUT2D eigenvalue weighted by atomic mass is 9.61. The molecule has 0 unspecified atom stereocenters. The van der Waals surface area contributed by atoms with E-state index in [0.29, 0.717) is 40.4 Å². The summed E-state index contributed by atoms with van der Waals surface area (Å²) in [5, 5.41) is 14.2. The van der Waals surface area contributed by atoms with Crippen molar-refractivity contribution in [3.63, 3.8) is 0 Å². The number of nitrogens with one attached hydrogen (secondary N) is 4. The predicted molar refractivity (Wildman–Crippen MR) is 486 cm³/mol. The number of anilines is 2. The number of halogens is 4. The minimum Gasteiger partial charge on any atom is -0.444 e. The van der Waals surface area contributed by atoms with Gasteiger partial charge in [0, 0.05) is 104 Å². The monoisotopic (exact) mass is 1810 g/mol. The Morgan fingerprint density at radius 3 is 0.894 bits per heavy atom. The molecule has 0 atom stereocenters. The van der Waals surface area contributed by atoms with E-state index in [-0.39, 0.29) is 97.7 Å². The first-order valence-electron chi connectivity index (χ1n) is 41.1. The summed E-state index contributed by atoms with van der Waals surface area (Å²) in [4.78, 5) is 64.0. The molecule has 25 nitrogen and oxygen atoms in total. The van der Waals surface area contributed by atoms with Crippen LogP contribution < -0.4 is 32.7 Å². The normalized spacial score (nSPS) is 22.3. The van der Waals surface area contributed by atoms with Gasteiger partial charge in [-0.3, -0.25) is 15.0 Å². The molecule has 32 heteroatoms. The summed E-state index contributed by atoms with van der Waals surface area (Å²) in [6.45, 7) is 16.8. The first-order chi connectivity index (χ1) is 58.0. The van der Waals surface area contributed by atoms with Crippen molar-refractivity contribution in [2.24, 2.45) is 11.5 Å². The average Bonchev–Trinajstić information content (AvgIpc) is 0.768. The molecule has 6 aromatic heterocycles. The molecule has 0 saturated heterocycles. The van der Waals surface area contributed by atoms with Gasteiger partial charge in [0.2, 0.25) is 17.2 Å². The molecule has 9 aliphatic carbocycles. The molecular formula is C91H107Cl4N15O10S3. The molecule has 0 radical (unpaired) electrons. The van der Waals surface area contributed by atoms with Gasteiger partial charge in [0.25, 0.3) is 0 Å². The van der Waals surface area contributed by atoms with Crippen molar-refractivity contribution in [3.8, 4) is 0 Å². The second-order valence-electron chi connectivity index (χ2n) is 35.3. The second kappa shape index (κ2) is 38.2. The van der Waals surface area contributed by atoms with Crippen molar-refractivity contribution >= 4 is 136 Å². The zero-order valence-electron chi connectivity index (χ0n) is 70.7. The number of sulfone groups is 3. The van der Waals surface area contributed by atoms with E-state index in [1.54, 1.807) is 110 Å². The molecule has 3 aromatic carbocycles. The Balaban J connectivity index is 0.000000157. The molecule has 652 valence electrons. The molecule has 2 amide bonds. The summed E-state index contributed by atoms with van der Waals surface area (Å²) >= 11 is 23.9. The topological polar surface area (TPSA) is 371 Å². The van der Waals surface area contributed by atoms with Crippen LogP contribution in [0.1, 0.15) is 225 Å². The summed E-state index contributed by atoms with van der Waals surface area (Å²) in [7, 11) is -10.8. The molecule has 0 spiro atoms. The van der Waals surface area contributed by atoms with E-state index in [0.717, 1.165) is 155 Å². The van der Waals surface area contributed by atoms with Crippen LogP contribution in [-0.2, 0) is 56.2 Å². The van der Waals surface area contributed by atoms with E-state index in [9.17, 15) is 34.8 Å². The largest absolute Gasteiger partial charge is 0.444 e. The van der Waals surface area contributed by atoms with Crippen LogP contribution in [-0.4, -0.2) is 127 Å². The van der Waals surface area contributed by atoms with Crippen molar-refractivity contribution in [3.05, 3.63) is 234 Å². The van der Waals surface area contributed by atoms with Crippen LogP contribution in [0.15, 0.2) is 161 Å². The number of aromatic nitrogens is 9. The minimum atomic E-state index is -3.62. The van der Waals surface area contributed by atoms with E-state index in [1.165, 1.54) is 18.2 Å². The molecule has 9 aliphatic rings. The van der Waals surface area contributed by atoms with Crippen LogP contribution in [0, 0.1) is 20.8 Å². The number of nitrogens with two attached hydrogens (primary N) is 2. The van der Waals surface area contributed by atoms with Crippen LogP contribution in [0.4, 0.5) is 21.5 Å². The van der Waals surface area contributed by atoms with Gasteiger partial charge in [-0.2, -0.15) is 0 Å². The van der Waals surface area contributed by atoms with Gasteiger partial charge in [-0.1, -0.05) is 126 Å². The number of benzene rings is 3.